The van der Waals surface area contributed by atoms with E-state index in [2.05, 4.69) is 15.4 Å². The van der Waals surface area contributed by atoms with Crippen molar-refractivity contribution in [3.8, 4) is 5.75 Å². The number of anilines is 2. The lowest BCUT2D eigenvalue weighted by molar-refractivity contribution is -0.138. The molecule has 0 saturated carbocycles. The third-order valence-electron chi connectivity index (χ3n) is 6.56. The van der Waals surface area contributed by atoms with E-state index in [9.17, 15) is 18.0 Å². The van der Waals surface area contributed by atoms with Gasteiger partial charge in [-0.05, 0) is 49.9 Å². The quantitative estimate of drug-likeness (QED) is 0.577. The maximum absolute atomic E-state index is 13.8. The highest BCUT2D eigenvalue weighted by Gasteiger charge is 2.38. The second-order valence-corrected chi connectivity index (χ2v) is 8.64. The summed E-state index contributed by atoms with van der Waals surface area (Å²) >= 11 is 0. The highest BCUT2D eigenvalue weighted by Crippen LogP contribution is 2.43. The predicted molar refractivity (Wildman–Crippen MR) is 124 cm³/mol. The van der Waals surface area contributed by atoms with Gasteiger partial charge in [-0.2, -0.15) is 18.3 Å². The molecule has 11 heteroatoms. The van der Waals surface area contributed by atoms with E-state index in [0.717, 1.165) is 24.6 Å². The maximum atomic E-state index is 13.8. The van der Waals surface area contributed by atoms with Gasteiger partial charge >= 0.3 is 6.18 Å². The summed E-state index contributed by atoms with van der Waals surface area (Å²) in [5, 5.41) is 8.61. The van der Waals surface area contributed by atoms with Crippen LogP contribution in [0.25, 0.3) is 11.0 Å². The monoisotopic (exact) mass is 489 g/mol. The Morgan fingerprint density at radius 3 is 2.74 bits per heavy atom. The van der Waals surface area contributed by atoms with Gasteiger partial charge in [0.15, 0.2) is 11.3 Å². The molecule has 2 aliphatic heterocycles. The van der Waals surface area contributed by atoms with Crippen molar-refractivity contribution < 1.29 is 27.4 Å². The summed E-state index contributed by atoms with van der Waals surface area (Å²) in [4.78, 5) is 19.6. The molecule has 1 amide bonds. The van der Waals surface area contributed by atoms with Crippen LogP contribution in [0.5, 0.6) is 5.75 Å². The number of hydrogen-bond acceptors (Lipinski definition) is 6. The van der Waals surface area contributed by atoms with Gasteiger partial charge in [0, 0.05) is 49.9 Å². The van der Waals surface area contributed by atoms with Crippen molar-refractivity contribution in [3.05, 3.63) is 41.2 Å². The SMILES string of the molecule is CCn1nc(C(=O)N2CCc3cc(OC)c(C(F)(F)F)cc32)c2c(NC3CCOCC3)ccnc21. The molecule has 186 valence electrons. The Hall–Kier alpha value is -3.34. The van der Waals surface area contributed by atoms with Crippen LogP contribution in [0.4, 0.5) is 24.5 Å². The van der Waals surface area contributed by atoms with Gasteiger partial charge in [-0.1, -0.05) is 0 Å². The molecule has 1 saturated heterocycles. The standard InChI is InChI=1S/C24H26F3N5O3/c1-3-32-22-20(17(4-8-28-22)29-15-6-10-35-11-7-15)21(30-32)23(33)31-9-5-14-12-19(34-2)16(13-18(14)31)24(25,26)27/h4,8,12-13,15H,3,5-7,9-11H2,1-2H3,(H,28,29). The Kier molecular flexibility index (Phi) is 6.04. The van der Waals surface area contributed by atoms with Crippen molar-refractivity contribution in [3.63, 3.8) is 0 Å². The number of carbonyl (C=O) groups is 1. The molecule has 8 nitrogen and oxygen atoms in total. The third-order valence-corrected chi connectivity index (χ3v) is 6.56. The van der Waals surface area contributed by atoms with Crippen molar-refractivity contribution in [2.45, 2.75) is 44.9 Å². The van der Waals surface area contributed by atoms with E-state index >= 15 is 0 Å². The first-order chi connectivity index (χ1) is 16.8. The Morgan fingerprint density at radius 2 is 2.06 bits per heavy atom. The summed E-state index contributed by atoms with van der Waals surface area (Å²) < 4.78 is 53.0. The number of benzene rings is 1. The zero-order valence-electron chi connectivity index (χ0n) is 19.5. The Bertz CT molecular complexity index is 1270. The second kappa shape index (κ2) is 9.03. The predicted octanol–water partition coefficient (Wildman–Crippen LogP) is 4.27. The van der Waals surface area contributed by atoms with Gasteiger partial charge in [-0.25, -0.2) is 9.67 Å². The normalized spacial score (nSPS) is 16.5. The second-order valence-electron chi connectivity index (χ2n) is 8.64. The topological polar surface area (TPSA) is 81.5 Å². The van der Waals surface area contributed by atoms with Crippen LogP contribution in [-0.2, 0) is 23.9 Å². The van der Waals surface area contributed by atoms with E-state index < -0.39 is 17.6 Å². The van der Waals surface area contributed by atoms with Gasteiger partial charge in [0.1, 0.15) is 5.75 Å². The first-order valence-electron chi connectivity index (χ1n) is 11.6. The van der Waals surface area contributed by atoms with Crippen LogP contribution in [0.1, 0.15) is 41.4 Å². The Labute approximate surface area is 200 Å². The molecule has 3 aromatic rings. The zero-order valence-corrected chi connectivity index (χ0v) is 19.5. The largest absolute Gasteiger partial charge is 0.496 e. The van der Waals surface area contributed by atoms with Gasteiger partial charge in [0.25, 0.3) is 5.91 Å². The number of methoxy groups -OCH3 is 1. The van der Waals surface area contributed by atoms with Crippen molar-refractivity contribution in [1.82, 2.24) is 14.8 Å². The highest BCUT2D eigenvalue weighted by molar-refractivity contribution is 6.15. The summed E-state index contributed by atoms with van der Waals surface area (Å²) in [6.45, 7) is 3.95. The molecular weight excluding hydrogens is 463 g/mol. The molecule has 0 atom stereocenters. The molecule has 0 radical (unpaired) electrons. The number of hydrogen-bond donors (Lipinski definition) is 1. The summed E-state index contributed by atoms with van der Waals surface area (Å²) in [5.74, 6) is -0.708. The van der Waals surface area contributed by atoms with E-state index in [1.165, 1.54) is 18.1 Å². The number of aryl methyl sites for hydroxylation is 1. The van der Waals surface area contributed by atoms with Crippen LogP contribution in [-0.4, -0.2) is 53.6 Å². The number of aromatic nitrogens is 3. The fourth-order valence-electron chi connectivity index (χ4n) is 4.79. The fourth-order valence-corrected chi connectivity index (χ4v) is 4.79. The lowest BCUT2D eigenvalue weighted by Gasteiger charge is -2.24. The zero-order chi connectivity index (χ0) is 24.7. The van der Waals surface area contributed by atoms with Crippen molar-refractivity contribution in [2.24, 2.45) is 0 Å². The number of nitrogens with one attached hydrogen (secondary N) is 1. The maximum Gasteiger partial charge on any atom is 0.420 e. The molecular formula is C24H26F3N5O3. The number of amides is 1. The molecule has 0 unspecified atom stereocenters. The Balaban J connectivity index is 1.57. The lowest BCUT2D eigenvalue weighted by atomic mass is 10.1. The molecule has 0 spiro atoms. The minimum atomic E-state index is -4.61. The highest BCUT2D eigenvalue weighted by atomic mass is 19.4. The van der Waals surface area contributed by atoms with E-state index in [-0.39, 0.29) is 29.7 Å². The number of ether oxygens (including phenoxy) is 2. The smallest absolute Gasteiger partial charge is 0.420 e. The molecule has 0 aliphatic carbocycles. The minimum absolute atomic E-state index is 0.168. The molecule has 1 fully saturated rings. The first kappa shape index (κ1) is 23.4. The summed E-state index contributed by atoms with van der Waals surface area (Å²) in [6.07, 6.45) is -0.863. The van der Waals surface area contributed by atoms with E-state index in [1.54, 1.807) is 16.9 Å². The number of carbonyl (C=O) groups excluding carboxylic acids is 1. The van der Waals surface area contributed by atoms with Crippen LogP contribution >= 0.6 is 0 Å². The van der Waals surface area contributed by atoms with Gasteiger partial charge in [-0.15, -0.1) is 0 Å². The van der Waals surface area contributed by atoms with Crippen molar-refractivity contribution in [1.29, 1.82) is 0 Å². The molecule has 1 aromatic carbocycles. The average molecular weight is 489 g/mol. The summed E-state index contributed by atoms with van der Waals surface area (Å²) in [5.41, 5.74) is 1.40. The van der Waals surface area contributed by atoms with Gasteiger partial charge in [-0.3, -0.25) is 4.79 Å². The van der Waals surface area contributed by atoms with Crippen LogP contribution in [0, 0.1) is 0 Å². The third kappa shape index (κ3) is 4.18. The van der Waals surface area contributed by atoms with Crippen LogP contribution < -0.4 is 15.0 Å². The van der Waals surface area contributed by atoms with E-state index in [4.69, 9.17) is 9.47 Å². The molecule has 4 heterocycles. The molecule has 5 rings (SSSR count). The van der Waals surface area contributed by atoms with E-state index in [0.29, 0.717) is 42.8 Å². The lowest BCUT2D eigenvalue weighted by Crippen LogP contribution is -2.30. The fraction of sp³-hybridized carbons (Fsp3) is 0.458. The summed E-state index contributed by atoms with van der Waals surface area (Å²) in [7, 11) is 1.21. The number of alkyl halides is 3. The molecule has 2 aromatic heterocycles. The van der Waals surface area contributed by atoms with Crippen molar-refractivity contribution in [2.75, 3.05) is 37.1 Å². The van der Waals surface area contributed by atoms with Crippen LogP contribution in [0.15, 0.2) is 24.4 Å². The Morgan fingerprint density at radius 1 is 1.29 bits per heavy atom. The van der Waals surface area contributed by atoms with Crippen molar-refractivity contribution >= 4 is 28.3 Å². The van der Waals surface area contributed by atoms with Crippen LogP contribution in [0.2, 0.25) is 0 Å². The molecule has 35 heavy (non-hydrogen) atoms. The van der Waals surface area contributed by atoms with Gasteiger partial charge in [0.2, 0.25) is 0 Å². The number of nitrogens with zero attached hydrogens (tertiary/aromatic N) is 4. The van der Waals surface area contributed by atoms with E-state index in [1.807, 2.05) is 6.92 Å². The first-order valence-corrected chi connectivity index (χ1v) is 11.6. The number of rotatable bonds is 5. The number of pyridine rings is 1. The van der Waals surface area contributed by atoms with Gasteiger partial charge in [0.05, 0.1) is 18.1 Å². The van der Waals surface area contributed by atoms with Crippen LogP contribution in [0.3, 0.4) is 0 Å². The molecule has 1 N–H and O–H groups in total. The average Bonchev–Trinajstić information content (AvgIpc) is 3.44. The minimum Gasteiger partial charge on any atom is -0.496 e. The van der Waals surface area contributed by atoms with Gasteiger partial charge < -0.3 is 19.7 Å². The summed E-state index contributed by atoms with van der Waals surface area (Å²) in [6, 6.07) is 4.35. The number of fused-ring (bicyclic) bond motifs is 2. The number of halogens is 3. The molecule has 2 aliphatic rings. The molecule has 0 bridgehead atoms.